The molecule has 0 N–H and O–H groups in total. The maximum Gasteiger partial charge on any atom is 0.142 e. The summed E-state index contributed by atoms with van der Waals surface area (Å²) in [5, 5.41) is 1.44. The number of benzene rings is 4. The van der Waals surface area contributed by atoms with E-state index < -0.39 is 28.8 Å². The van der Waals surface area contributed by atoms with Gasteiger partial charge in [-0.3, -0.25) is 0 Å². The molecule has 4 rings (SSSR count). The van der Waals surface area contributed by atoms with Gasteiger partial charge in [0, 0.05) is 23.3 Å². The summed E-state index contributed by atoms with van der Waals surface area (Å²) in [4.78, 5) is 0. The van der Waals surface area contributed by atoms with Gasteiger partial charge in [-0.25, -0.2) is 22.0 Å². The second kappa shape index (κ2) is 9.96. The summed E-state index contributed by atoms with van der Waals surface area (Å²) >= 11 is 0. The molecule has 6 heteroatoms. The molecule has 0 saturated heterocycles. The lowest BCUT2D eigenvalue weighted by Crippen LogP contribution is -2.02. The van der Waals surface area contributed by atoms with Gasteiger partial charge in [0.15, 0.2) is 0 Å². The van der Waals surface area contributed by atoms with E-state index in [1.54, 1.807) is 31.2 Å². The van der Waals surface area contributed by atoms with E-state index in [4.69, 9.17) is 4.74 Å². The lowest BCUT2D eigenvalue weighted by Gasteiger charge is -2.09. The largest absolute Gasteiger partial charge is 0.494 e. The first-order valence-electron chi connectivity index (χ1n) is 10.6. The fourth-order valence-corrected chi connectivity index (χ4v) is 3.66. The van der Waals surface area contributed by atoms with Gasteiger partial charge in [0.25, 0.3) is 0 Å². The average Bonchev–Trinajstić information content (AvgIpc) is 2.78. The van der Waals surface area contributed by atoms with E-state index >= 15 is 0 Å². The minimum atomic E-state index is -0.863. The summed E-state index contributed by atoms with van der Waals surface area (Å²) in [5.74, 6) is 1.68. The molecule has 172 valence electrons. The highest BCUT2D eigenvalue weighted by Crippen LogP contribution is 2.23. The molecule has 0 bridgehead atoms. The van der Waals surface area contributed by atoms with Crippen LogP contribution < -0.4 is 4.74 Å². The molecule has 0 aromatic heterocycles. The Morgan fingerprint density at radius 2 is 1.32 bits per heavy atom. The maximum atomic E-state index is 14.6. The van der Waals surface area contributed by atoms with Gasteiger partial charge < -0.3 is 4.74 Å². The fourth-order valence-electron chi connectivity index (χ4n) is 3.66. The van der Waals surface area contributed by atoms with E-state index in [1.165, 1.54) is 12.1 Å². The maximum absolute atomic E-state index is 14.6. The third-order valence-electron chi connectivity index (χ3n) is 5.33. The zero-order valence-electron chi connectivity index (χ0n) is 18.2. The molecule has 1 nitrogen and oxygen atoms in total. The van der Waals surface area contributed by atoms with Gasteiger partial charge in [0.1, 0.15) is 34.8 Å². The van der Waals surface area contributed by atoms with Gasteiger partial charge in [-0.2, -0.15) is 0 Å². The van der Waals surface area contributed by atoms with Crippen molar-refractivity contribution in [3.8, 4) is 17.6 Å². The molecule has 0 aliphatic rings. The Morgan fingerprint density at radius 1 is 0.676 bits per heavy atom. The van der Waals surface area contributed by atoms with Crippen molar-refractivity contribution in [3.05, 3.63) is 112 Å². The smallest absolute Gasteiger partial charge is 0.142 e. The first-order valence-corrected chi connectivity index (χ1v) is 10.6. The van der Waals surface area contributed by atoms with Gasteiger partial charge in [-0.05, 0) is 72.5 Å². The van der Waals surface area contributed by atoms with E-state index in [9.17, 15) is 22.0 Å². The van der Waals surface area contributed by atoms with Gasteiger partial charge in [0.2, 0.25) is 0 Å². The number of rotatable bonds is 5. The zero-order valence-corrected chi connectivity index (χ0v) is 18.2. The Kier molecular flexibility index (Phi) is 6.83. The molecule has 0 radical (unpaired) electrons. The quantitative estimate of drug-likeness (QED) is 0.225. The molecule has 4 aromatic rings. The molecular weight excluding hydrogens is 447 g/mol. The van der Waals surface area contributed by atoms with Crippen LogP contribution in [0.4, 0.5) is 22.0 Å². The number of halogens is 5. The topological polar surface area (TPSA) is 9.23 Å². The summed E-state index contributed by atoms with van der Waals surface area (Å²) in [6.45, 7) is 1.97. The number of hydrogen-bond acceptors (Lipinski definition) is 1. The van der Waals surface area contributed by atoms with Crippen molar-refractivity contribution in [2.24, 2.45) is 0 Å². The normalized spacial score (nSPS) is 10.8. The summed E-state index contributed by atoms with van der Waals surface area (Å²) < 4.78 is 76.0. The highest BCUT2D eigenvalue weighted by Gasteiger charge is 2.14. The van der Waals surface area contributed by atoms with E-state index in [0.717, 1.165) is 29.7 Å². The summed E-state index contributed by atoms with van der Waals surface area (Å²) in [6.07, 6.45) is -0.0454. The Labute approximate surface area is 193 Å². The van der Waals surface area contributed by atoms with Crippen LogP contribution in [-0.4, -0.2) is 6.61 Å². The molecule has 0 amide bonds. The molecule has 0 unspecified atom stereocenters. The molecule has 0 aliphatic heterocycles. The molecule has 0 heterocycles. The van der Waals surface area contributed by atoms with Crippen LogP contribution in [0.1, 0.15) is 29.2 Å². The van der Waals surface area contributed by atoms with Crippen molar-refractivity contribution in [1.29, 1.82) is 0 Å². The Morgan fingerprint density at radius 3 is 2.00 bits per heavy atom. The van der Waals surface area contributed by atoms with Crippen molar-refractivity contribution in [2.75, 3.05) is 6.61 Å². The van der Waals surface area contributed by atoms with Crippen LogP contribution in [0.2, 0.25) is 0 Å². The highest BCUT2D eigenvalue weighted by atomic mass is 19.1. The first kappa shape index (κ1) is 23.3. The molecule has 34 heavy (non-hydrogen) atoms. The van der Waals surface area contributed by atoms with Crippen LogP contribution in [0.15, 0.2) is 60.7 Å². The van der Waals surface area contributed by atoms with E-state index in [0.29, 0.717) is 10.9 Å². The number of ether oxygens (including phenoxy) is 1. The Hall–Kier alpha value is -3.85. The Balaban J connectivity index is 1.53. The van der Waals surface area contributed by atoms with Crippen LogP contribution in [0, 0.1) is 40.9 Å². The first-order chi connectivity index (χ1) is 16.3. The SMILES string of the molecule is CCOc1cc(F)c(CCc2cc(F)c(C#Cc3ccc4cc(F)ccc4c3)c(F)c2)c(F)c1. The molecular formula is C28H19F5O. The lowest BCUT2D eigenvalue weighted by molar-refractivity contribution is 0.335. The second-order valence-corrected chi connectivity index (χ2v) is 7.69. The van der Waals surface area contributed by atoms with Gasteiger partial charge in [-0.1, -0.05) is 24.0 Å². The van der Waals surface area contributed by atoms with Gasteiger partial charge >= 0.3 is 0 Å². The van der Waals surface area contributed by atoms with E-state index in [1.807, 2.05) is 0 Å². The summed E-state index contributed by atoms with van der Waals surface area (Å²) in [6, 6.07) is 13.7. The fraction of sp³-hybridized carbons (Fsp3) is 0.143. The summed E-state index contributed by atoms with van der Waals surface area (Å²) in [7, 11) is 0. The minimum Gasteiger partial charge on any atom is -0.494 e. The number of hydrogen-bond donors (Lipinski definition) is 0. The van der Waals surface area contributed by atoms with Crippen molar-refractivity contribution in [1.82, 2.24) is 0 Å². The van der Waals surface area contributed by atoms with E-state index in [-0.39, 0.29) is 42.1 Å². The van der Waals surface area contributed by atoms with Crippen LogP contribution in [0.3, 0.4) is 0 Å². The third kappa shape index (κ3) is 5.20. The van der Waals surface area contributed by atoms with Crippen molar-refractivity contribution in [3.63, 3.8) is 0 Å². The van der Waals surface area contributed by atoms with Crippen molar-refractivity contribution >= 4 is 10.8 Å². The van der Waals surface area contributed by atoms with Crippen molar-refractivity contribution < 1.29 is 26.7 Å². The number of aryl methyl sites for hydroxylation is 1. The predicted octanol–water partition coefficient (Wildman–Crippen LogP) is 7.12. The molecule has 0 saturated carbocycles. The lowest BCUT2D eigenvalue weighted by atomic mass is 10.0. The monoisotopic (exact) mass is 466 g/mol. The van der Waals surface area contributed by atoms with E-state index in [2.05, 4.69) is 11.8 Å². The van der Waals surface area contributed by atoms with Crippen LogP contribution >= 0.6 is 0 Å². The standard InChI is InChI=1S/C28H19F5O/c1-2-34-22-15-27(32)24(28(33)16-22)10-5-18-12-25(30)23(26(31)13-18)9-4-17-3-6-20-14-21(29)8-7-19(20)11-17/h3,6-8,11-16H,2,5,10H2,1H3. The van der Waals surface area contributed by atoms with Gasteiger partial charge in [0.05, 0.1) is 12.2 Å². The predicted molar refractivity (Wildman–Crippen MR) is 121 cm³/mol. The third-order valence-corrected chi connectivity index (χ3v) is 5.33. The number of fused-ring (bicyclic) bond motifs is 1. The van der Waals surface area contributed by atoms with Crippen LogP contribution in [0.5, 0.6) is 5.75 Å². The van der Waals surface area contributed by atoms with Crippen molar-refractivity contribution in [2.45, 2.75) is 19.8 Å². The highest BCUT2D eigenvalue weighted by molar-refractivity contribution is 5.84. The minimum absolute atomic E-state index is 0.0323. The molecule has 0 aliphatic carbocycles. The van der Waals surface area contributed by atoms with Crippen LogP contribution in [-0.2, 0) is 12.8 Å². The average molecular weight is 466 g/mol. The molecule has 0 fully saturated rings. The molecule has 4 aromatic carbocycles. The van der Waals surface area contributed by atoms with Gasteiger partial charge in [-0.15, -0.1) is 0 Å². The molecule has 0 atom stereocenters. The second-order valence-electron chi connectivity index (χ2n) is 7.69. The summed E-state index contributed by atoms with van der Waals surface area (Å²) in [5.41, 5.74) is 0.190. The molecule has 0 spiro atoms. The zero-order chi connectivity index (χ0) is 24.2. The van der Waals surface area contributed by atoms with Crippen LogP contribution in [0.25, 0.3) is 10.8 Å². The Bertz CT molecular complexity index is 1390.